The zero-order valence-corrected chi connectivity index (χ0v) is 10.9. The number of aliphatic carboxylic acids is 1. The van der Waals surface area contributed by atoms with E-state index in [1.807, 2.05) is 19.1 Å². The Bertz CT molecular complexity index is 435. The first-order chi connectivity index (χ1) is 7.99. The molecule has 0 unspecified atom stereocenters. The van der Waals surface area contributed by atoms with Crippen LogP contribution >= 0.6 is 15.9 Å². The van der Waals surface area contributed by atoms with Gasteiger partial charge in [0.2, 0.25) is 0 Å². The third kappa shape index (κ3) is 4.86. The quantitative estimate of drug-likeness (QED) is 0.799. The first-order valence-corrected chi connectivity index (χ1v) is 5.81. The van der Waals surface area contributed by atoms with E-state index < -0.39 is 12.0 Å². The fourth-order valence-electron chi connectivity index (χ4n) is 1.18. The summed E-state index contributed by atoms with van der Waals surface area (Å²) >= 11 is 3.36. The number of carbonyl (C=O) groups excluding carboxylic acids is 1. The monoisotopic (exact) mass is 300 g/mol. The zero-order valence-electron chi connectivity index (χ0n) is 9.29. The van der Waals surface area contributed by atoms with E-state index in [0.717, 1.165) is 10.0 Å². The minimum absolute atomic E-state index is 0.0905. The van der Waals surface area contributed by atoms with Gasteiger partial charge in [-0.3, -0.25) is 4.79 Å². The molecule has 0 fully saturated rings. The van der Waals surface area contributed by atoms with Gasteiger partial charge in [0.25, 0.3) is 0 Å². The molecule has 1 rings (SSSR count). The van der Waals surface area contributed by atoms with Gasteiger partial charge in [0.15, 0.2) is 0 Å². The van der Waals surface area contributed by atoms with Crippen molar-refractivity contribution in [2.45, 2.75) is 13.3 Å². The molecule has 0 saturated carbocycles. The van der Waals surface area contributed by atoms with Gasteiger partial charge >= 0.3 is 12.0 Å². The highest BCUT2D eigenvalue weighted by Crippen LogP contribution is 2.19. The van der Waals surface area contributed by atoms with Crippen LogP contribution < -0.4 is 10.6 Å². The predicted molar refractivity (Wildman–Crippen MR) is 68.2 cm³/mol. The molecule has 0 aliphatic heterocycles. The molecule has 0 aliphatic carbocycles. The normalized spacial score (nSPS) is 9.76. The Kier molecular flexibility index (Phi) is 4.96. The maximum absolute atomic E-state index is 11.4. The molecule has 1 aromatic carbocycles. The highest BCUT2D eigenvalue weighted by atomic mass is 79.9. The van der Waals surface area contributed by atoms with Crippen LogP contribution in [0, 0.1) is 6.92 Å². The number of carboxylic acid groups (broad SMARTS) is 1. The molecule has 17 heavy (non-hydrogen) atoms. The van der Waals surface area contributed by atoms with Crippen LogP contribution in [0.4, 0.5) is 10.5 Å². The van der Waals surface area contributed by atoms with Crippen LogP contribution in [0.25, 0.3) is 0 Å². The molecule has 3 N–H and O–H groups in total. The molecule has 2 amide bonds. The van der Waals surface area contributed by atoms with Crippen LogP contribution in [-0.4, -0.2) is 23.7 Å². The Labute approximate surface area is 107 Å². The number of carbonyl (C=O) groups is 2. The van der Waals surface area contributed by atoms with Crippen LogP contribution in [0.1, 0.15) is 12.0 Å². The van der Waals surface area contributed by atoms with Crippen LogP contribution in [0.15, 0.2) is 22.7 Å². The van der Waals surface area contributed by atoms with Crippen LogP contribution in [0.2, 0.25) is 0 Å². The van der Waals surface area contributed by atoms with Gasteiger partial charge in [-0.1, -0.05) is 15.9 Å². The van der Waals surface area contributed by atoms with E-state index in [2.05, 4.69) is 26.6 Å². The molecule has 6 heteroatoms. The Balaban J connectivity index is 2.45. The fraction of sp³-hybridized carbons (Fsp3) is 0.273. The van der Waals surface area contributed by atoms with Gasteiger partial charge in [0.05, 0.1) is 6.42 Å². The molecule has 0 aromatic heterocycles. The topological polar surface area (TPSA) is 78.4 Å². The fourth-order valence-corrected chi connectivity index (χ4v) is 1.43. The van der Waals surface area contributed by atoms with Gasteiger partial charge < -0.3 is 15.7 Å². The average molecular weight is 301 g/mol. The lowest BCUT2D eigenvalue weighted by Crippen LogP contribution is -2.30. The third-order valence-corrected chi connectivity index (χ3v) is 2.93. The second-order valence-electron chi connectivity index (χ2n) is 3.49. The highest BCUT2D eigenvalue weighted by molar-refractivity contribution is 9.10. The van der Waals surface area contributed by atoms with Crippen molar-refractivity contribution in [3.8, 4) is 0 Å². The first-order valence-electron chi connectivity index (χ1n) is 5.02. The van der Waals surface area contributed by atoms with Gasteiger partial charge in [-0.25, -0.2) is 4.79 Å². The van der Waals surface area contributed by atoms with Gasteiger partial charge in [0.1, 0.15) is 0 Å². The lowest BCUT2D eigenvalue weighted by Gasteiger charge is -2.08. The summed E-state index contributed by atoms with van der Waals surface area (Å²) in [4.78, 5) is 21.6. The van der Waals surface area contributed by atoms with Crippen molar-refractivity contribution in [2.75, 3.05) is 11.9 Å². The summed E-state index contributed by atoms with van der Waals surface area (Å²) in [6, 6.07) is 5.00. The van der Waals surface area contributed by atoms with Crippen LogP contribution in [0.3, 0.4) is 0 Å². The van der Waals surface area contributed by atoms with Crippen molar-refractivity contribution in [1.82, 2.24) is 5.32 Å². The largest absolute Gasteiger partial charge is 0.481 e. The molecule has 0 aliphatic rings. The summed E-state index contributed by atoms with van der Waals surface area (Å²) in [5.74, 6) is -0.940. The summed E-state index contributed by atoms with van der Waals surface area (Å²) < 4.78 is 0.967. The van der Waals surface area contributed by atoms with Crippen molar-refractivity contribution >= 4 is 33.6 Å². The maximum Gasteiger partial charge on any atom is 0.319 e. The summed E-state index contributed by atoms with van der Waals surface area (Å²) in [6.45, 7) is 2.02. The second kappa shape index (κ2) is 6.24. The van der Waals surface area contributed by atoms with Gasteiger partial charge in [-0.15, -0.1) is 0 Å². The molecular formula is C11H13BrN2O3. The van der Waals surface area contributed by atoms with Gasteiger partial charge in [-0.05, 0) is 30.7 Å². The van der Waals surface area contributed by atoms with E-state index in [1.165, 1.54) is 0 Å². The Morgan fingerprint density at radius 3 is 2.71 bits per heavy atom. The van der Waals surface area contributed by atoms with E-state index in [9.17, 15) is 9.59 Å². The standard InChI is InChI=1S/C11H13BrN2O3/c1-7-6-8(2-3-9(7)12)14-11(17)13-5-4-10(15)16/h2-3,6H,4-5H2,1H3,(H,15,16)(H2,13,14,17). The van der Waals surface area contributed by atoms with Crippen LogP contribution in [-0.2, 0) is 4.79 Å². The second-order valence-corrected chi connectivity index (χ2v) is 4.34. The predicted octanol–water partition coefficient (Wildman–Crippen LogP) is 2.35. The van der Waals surface area contributed by atoms with E-state index >= 15 is 0 Å². The molecule has 0 saturated heterocycles. The SMILES string of the molecule is Cc1cc(NC(=O)NCCC(=O)O)ccc1Br. The van der Waals surface area contributed by atoms with Crippen LogP contribution in [0.5, 0.6) is 0 Å². The van der Waals surface area contributed by atoms with Gasteiger partial charge in [0, 0.05) is 16.7 Å². The zero-order chi connectivity index (χ0) is 12.8. The van der Waals surface area contributed by atoms with Crippen molar-refractivity contribution in [3.05, 3.63) is 28.2 Å². The molecule has 5 nitrogen and oxygen atoms in total. The number of aryl methyl sites for hydroxylation is 1. The molecule has 0 radical (unpaired) electrons. The number of rotatable bonds is 4. The maximum atomic E-state index is 11.4. The van der Waals surface area contributed by atoms with Crippen molar-refractivity contribution in [1.29, 1.82) is 0 Å². The van der Waals surface area contributed by atoms with E-state index in [0.29, 0.717) is 5.69 Å². The first kappa shape index (κ1) is 13.5. The number of amides is 2. The Hall–Kier alpha value is -1.56. The van der Waals surface area contributed by atoms with E-state index in [1.54, 1.807) is 6.07 Å². The number of benzene rings is 1. The average Bonchev–Trinajstić information content (AvgIpc) is 2.23. The number of hydrogen-bond acceptors (Lipinski definition) is 2. The minimum Gasteiger partial charge on any atom is -0.481 e. The smallest absolute Gasteiger partial charge is 0.319 e. The van der Waals surface area contributed by atoms with Crippen molar-refractivity contribution in [3.63, 3.8) is 0 Å². The van der Waals surface area contributed by atoms with E-state index in [4.69, 9.17) is 5.11 Å². The van der Waals surface area contributed by atoms with Crippen molar-refractivity contribution < 1.29 is 14.7 Å². The molecule has 0 spiro atoms. The number of anilines is 1. The molecule has 92 valence electrons. The summed E-state index contributed by atoms with van der Waals surface area (Å²) in [5.41, 5.74) is 1.67. The Morgan fingerprint density at radius 2 is 2.12 bits per heavy atom. The molecule has 0 heterocycles. The lowest BCUT2D eigenvalue weighted by atomic mass is 10.2. The minimum atomic E-state index is -0.940. The summed E-state index contributed by atoms with van der Waals surface area (Å²) in [6.07, 6.45) is -0.0905. The van der Waals surface area contributed by atoms with Gasteiger partial charge in [-0.2, -0.15) is 0 Å². The number of hydrogen-bond donors (Lipinski definition) is 3. The molecule has 0 atom stereocenters. The third-order valence-electron chi connectivity index (χ3n) is 2.04. The van der Waals surface area contributed by atoms with Crippen molar-refractivity contribution in [2.24, 2.45) is 0 Å². The number of carboxylic acids is 1. The number of halogens is 1. The number of urea groups is 1. The molecule has 1 aromatic rings. The molecular weight excluding hydrogens is 288 g/mol. The Morgan fingerprint density at radius 1 is 1.41 bits per heavy atom. The summed E-state index contributed by atoms with van der Waals surface area (Å²) in [5, 5.41) is 13.5. The number of nitrogens with one attached hydrogen (secondary N) is 2. The summed E-state index contributed by atoms with van der Waals surface area (Å²) in [7, 11) is 0. The van der Waals surface area contributed by atoms with E-state index in [-0.39, 0.29) is 13.0 Å². The lowest BCUT2D eigenvalue weighted by molar-refractivity contribution is -0.136. The highest BCUT2D eigenvalue weighted by Gasteiger charge is 2.03. The molecule has 0 bridgehead atoms.